The Morgan fingerprint density at radius 1 is 1.23 bits per heavy atom. The molecule has 3 aromatic heterocycles. The van der Waals surface area contributed by atoms with Gasteiger partial charge >= 0.3 is 0 Å². The molecule has 0 spiro atoms. The van der Waals surface area contributed by atoms with E-state index in [-0.39, 0.29) is 11.7 Å². The molecule has 0 atom stereocenters. The average molecular weight is 434 g/mol. The SMILES string of the molecule is COc1ccc(C=Cc2csc(NC(=O)c3cccn3Cc3ccncc3)n2)c(F)c1. The largest absolute Gasteiger partial charge is 0.497 e. The summed E-state index contributed by atoms with van der Waals surface area (Å²) in [5.41, 5.74) is 2.63. The number of amides is 1. The van der Waals surface area contributed by atoms with E-state index in [1.807, 2.05) is 29.0 Å². The fourth-order valence-electron chi connectivity index (χ4n) is 2.97. The van der Waals surface area contributed by atoms with Crippen LogP contribution in [-0.2, 0) is 6.54 Å². The quantitative estimate of drug-likeness (QED) is 0.446. The number of thiazole rings is 1. The molecule has 4 aromatic rings. The predicted octanol–water partition coefficient (Wildman–Crippen LogP) is 4.96. The third-order valence-electron chi connectivity index (χ3n) is 4.55. The van der Waals surface area contributed by atoms with Gasteiger partial charge in [0.25, 0.3) is 5.91 Å². The first-order chi connectivity index (χ1) is 15.1. The number of ether oxygens (including phenoxy) is 1. The van der Waals surface area contributed by atoms with E-state index in [1.165, 1.54) is 24.5 Å². The van der Waals surface area contributed by atoms with Crippen molar-refractivity contribution >= 4 is 34.5 Å². The fourth-order valence-corrected chi connectivity index (χ4v) is 3.64. The van der Waals surface area contributed by atoms with Crippen molar-refractivity contribution < 1.29 is 13.9 Å². The van der Waals surface area contributed by atoms with Crippen LogP contribution in [0.1, 0.15) is 27.3 Å². The average Bonchev–Trinajstić information content (AvgIpc) is 3.43. The van der Waals surface area contributed by atoms with E-state index in [0.717, 1.165) is 5.56 Å². The highest BCUT2D eigenvalue weighted by Crippen LogP contribution is 2.21. The van der Waals surface area contributed by atoms with Crippen LogP contribution in [-0.4, -0.2) is 27.6 Å². The van der Waals surface area contributed by atoms with Crippen molar-refractivity contribution in [1.82, 2.24) is 14.5 Å². The van der Waals surface area contributed by atoms with Gasteiger partial charge in [-0.15, -0.1) is 11.3 Å². The molecule has 1 aromatic carbocycles. The molecule has 6 nitrogen and oxygen atoms in total. The summed E-state index contributed by atoms with van der Waals surface area (Å²) < 4.78 is 20.9. The number of nitrogens with one attached hydrogen (secondary N) is 1. The highest BCUT2D eigenvalue weighted by Gasteiger charge is 2.13. The van der Waals surface area contributed by atoms with Gasteiger partial charge in [0.05, 0.1) is 12.8 Å². The van der Waals surface area contributed by atoms with Crippen molar-refractivity contribution in [3.63, 3.8) is 0 Å². The van der Waals surface area contributed by atoms with Crippen LogP contribution in [0, 0.1) is 5.82 Å². The minimum absolute atomic E-state index is 0.245. The molecule has 0 unspecified atom stereocenters. The number of carbonyl (C=O) groups excluding carboxylic acids is 1. The summed E-state index contributed by atoms with van der Waals surface area (Å²) in [5, 5.41) is 5.09. The number of carbonyl (C=O) groups is 1. The van der Waals surface area contributed by atoms with Gasteiger partial charge in [-0.25, -0.2) is 9.37 Å². The molecule has 0 fully saturated rings. The highest BCUT2D eigenvalue weighted by atomic mass is 32.1. The van der Waals surface area contributed by atoms with Gasteiger partial charge in [0.2, 0.25) is 0 Å². The van der Waals surface area contributed by atoms with E-state index < -0.39 is 0 Å². The molecule has 4 rings (SSSR count). The Morgan fingerprint density at radius 2 is 2.06 bits per heavy atom. The lowest BCUT2D eigenvalue weighted by molar-refractivity contribution is 0.101. The fraction of sp³-hybridized carbons (Fsp3) is 0.0870. The third-order valence-corrected chi connectivity index (χ3v) is 5.32. The van der Waals surface area contributed by atoms with Crippen LogP contribution in [0.4, 0.5) is 9.52 Å². The summed E-state index contributed by atoms with van der Waals surface area (Å²) in [4.78, 5) is 21.1. The number of hydrogen-bond donors (Lipinski definition) is 1. The Hall–Kier alpha value is -3.78. The van der Waals surface area contributed by atoms with Gasteiger partial charge in [0.15, 0.2) is 5.13 Å². The zero-order valence-corrected chi connectivity index (χ0v) is 17.5. The second-order valence-electron chi connectivity index (χ2n) is 6.63. The van der Waals surface area contributed by atoms with Gasteiger partial charge in [0, 0.05) is 42.1 Å². The predicted molar refractivity (Wildman–Crippen MR) is 120 cm³/mol. The molecule has 3 heterocycles. The number of anilines is 1. The van der Waals surface area contributed by atoms with E-state index in [9.17, 15) is 9.18 Å². The first kappa shape index (κ1) is 20.5. The van der Waals surface area contributed by atoms with Gasteiger partial charge in [-0.05, 0) is 54.1 Å². The molecule has 1 N–H and O–H groups in total. The molecule has 156 valence electrons. The second-order valence-corrected chi connectivity index (χ2v) is 7.49. The Balaban J connectivity index is 1.43. The molecule has 1 amide bonds. The van der Waals surface area contributed by atoms with Crippen molar-refractivity contribution in [2.75, 3.05) is 12.4 Å². The van der Waals surface area contributed by atoms with Gasteiger partial charge in [0.1, 0.15) is 17.3 Å². The van der Waals surface area contributed by atoms with Crippen molar-refractivity contribution in [2.24, 2.45) is 0 Å². The summed E-state index contributed by atoms with van der Waals surface area (Å²) in [5.74, 6) is -0.165. The Kier molecular flexibility index (Phi) is 6.18. The number of halogens is 1. The van der Waals surface area contributed by atoms with E-state index in [0.29, 0.717) is 34.4 Å². The van der Waals surface area contributed by atoms with Crippen molar-refractivity contribution in [2.45, 2.75) is 6.54 Å². The minimum atomic E-state index is -0.380. The van der Waals surface area contributed by atoms with Crippen molar-refractivity contribution in [3.8, 4) is 5.75 Å². The second kappa shape index (κ2) is 9.36. The molecule has 0 radical (unpaired) electrons. The summed E-state index contributed by atoms with van der Waals surface area (Å²) in [6, 6.07) is 12.1. The van der Waals surface area contributed by atoms with Gasteiger partial charge in [-0.3, -0.25) is 15.1 Å². The normalized spacial score (nSPS) is 11.0. The number of methoxy groups -OCH3 is 1. The Morgan fingerprint density at radius 3 is 2.84 bits per heavy atom. The number of benzene rings is 1. The van der Waals surface area contributed by atoms with E-state index in [2.05, 4.69) is 15.3 Å². The maximum absolute atomic E-state index is 14.1. The van der Waals surface area contributed by atoms with E-state index in [4.69, 9.17) is 4.74 Å². The van der Waals surface area contributed by atoms with Gasteiger partial charge < -0.3 is 9.30 Å². The first-order valence-electron chi connectivity index (χ1n) is 9.45. The molecular formula is C23H19FN4O2S. The standard InChI is InChI=1S/C23H19FN4O2S/c1-30-19-7-5-17(20(24)13-19)4-6-18-15-31-23(26-18)27-22(29)21-3-2-12-28(21)14-16-8-10-25-11-9-16/h2-13,15H,14H2,1H3,(H,26,27,29). The molecule has 31 heavy (non-hydrogen) atoms. The number of pyridine rings is 1. The summed E-state index contributed by atoms with van der Waals surface area (Å²) >= 11 is 1.30. The number of rotatable bonds is 7. The monoisotopic (exact) mass is 434 g/mol. The third kappa shape index (κ3) is 5.04. The maximum Gasteiger partial charge on any atom is 0.274 e. The molecule has 0 aliphatic carbocycles. The summed E-state index contributed by atoms with van der Waals surface area (Å²) in [6.45, 7) is 0.567. The lowest BCUT2D eigenvalue weighted by Crippen LogP contribution is -2.17. The van der Waals surface area contributed by atoms with E-state index in [1.54, 1.807) is 48.1 Å². The van der Waals surface area contributed by atoms with Crippen LogP contribution in [0.25, 0.3) is 12.2 Å². The summed E-state index contributed by atoms with van der Waals surface area (Å²) in [6.07, 6.45) is 8.63. The number of aromatic nitrogens is 3. The Labute approximate surface area is 182 Å². The zero-order chi connectivity index (χ0) is 21.6. The topological polar surface area (TPSA) is 69.0 Å². The van der Waals surface area contributed by atoms with Gasteiger partial charge in [-0.1, -0.05) is 0 Å². The lowest BCUT2D eigenvalue weighted by atomic mass is 10.2. The van der Waals surface area contributed by atoms with Gasteiger partial charge in [-0.2, -0.15) is 0 Å². The summed E-state index contributed by atoms with van der Waals surface area (Å²) in [7, 11) is 1.49. The molecule has 0 saturated heterocycles. The molecule has 0 bridgehead atoms. The molecule has 8 heteroatoms. The van der Waals surface area contributed by atoms with Crippen molar-refractivity contribution in [1.29, 1.82) is 0 Å². The molecule has 0 aliphatic heterocycles. The number of hydrogen-bond acceptors (Lipinski definition) is 5. The number of nitrogens with zero attached hydrogens (tertiary/aromatic N) is 3. The minimum Gasteiger partial charge on any atom is -0.497 e. The van der Waals surface area contributed by atoms with Crippen LogP contribution in [0.3, 0.4) is 0 Å². The van der Waals surface area contributed by atoms with Crippen LogP contribution in [0.5, 0.6) is 5.75 Å². The van der Waals surface area contributed by atoms with E-state index >= 15 is 0 Å². The first-order valence-corrected chi connectivity index (χ1v) is 10.3. The van der Waals surface area contributed by atoms with Crippen LogP contribution >= 0.6 is 11.3 Å². The highest BCUT2D eigenvalue weighted by molar-refractivity contribution is 7.14. The molecule has 0 saturated carbocycles. The Bertz CT molecular complexity index is 1220. The van der Waals surface area contributed by atoms with Crippen molar-refractivity contribution in [3.05, 3.63) is 94.8 Å². The maximum atomic E-state index is 14.1. The molecule has 0 aliphatic rings. The lowest BCUT2D eigenvalue weighted by Gasteiger charge is -2.08. The van der Waals surface area contributed by atoms with Crippen LogP contribution in [0.2, 0.25) is 0 Å². The smallest absolute Gasteiger partial charge is 0.274 e. The van der Waals surface area contributed by atoms with Crippen LogP contribution < -0.4 is 10.1 Å². The molecular weight excluding hydrogens is 415 g/mol. The van der Waals surface area contributed by atoms with Crippen LogP contribution in [0.15, 0.2) is 66.4 Å². The zero-order valence-electron chi connectivity index (χ0n) is 16.7.